The maximum Gasteiger partial charge on any atom is 0.328 e. The van der Waals surface area contributed by atoms with Crippen LogP contribution in [0.1, 0.15) is 5.56 Å². The molecule has 9 heteroatoms. The van der Waals surface area contributed by atoms with Crippen molar-refractivity contribution in [3.8, 4) is 0 Å². The molecule has 0 fully saturated rings. The van der Waals surface area contributed by atoms with Gasteiger partial charge in [0.1, 0.15) is 0 Å². The Kier molecular flexibility index (Phi) is 5.61. The highest BCUT2D eigenvalue weighted by Crippen LogP contribution is 2.21. The molecule has 21 heavy (non-hydrogen) atoms. The number of carboxylic acid groups (broad SMARTS) is 1. The number of carbonyl (C=O) groups excluding carboxylic acids is 1. The summed E-state index contributed by atoms with van der Waals surface area (Å²) >= 11 is 0. The molecule has 0 spiro atoms. The van der Waals surface area contributed by atoms with Crippen LogP contribution in [0.25, 0.3) is 0 Å². The number of benzene rings is 1. The quantitative estimate of drug-likeness (QED) is 0.532. The Bertz CT molecular complexity index is 560. The van der Waals surface area contributed by atoms with Crippen LogP contribution < -0.4 is 10.6 Å². The molecular weight excluding hydrogens is 282 g/mol. The molecule has 0 saturated carbocycles. The SMILES string of the molecule is COCC(NC(=O)Nc1ccc([N+](=O)[O-])c(C)c1)C(=O)O. The van der Waals surface area contributed by atoms with E-state index in [4.69, 9.17) is 5.11 Å². The predicted molar refractivity (Wildman–Crippen MR) is 73.3 cm³/mol. The molecule has 114 valence electrons. The van der Waals surface area contributed by atoms with E-state index in [9.17, 15) is 19.7 Å². The topological polar surface area (TPSA) is 131 Å². The Morgan fingerprint density at radius 3 is 2.62 bits per heavy atom. The molecule has 1 rings (SSSR count). The van der Waals surface area contributed by atoms with Crippen LogP contribution in [0.5, 0.6) is 0 Å². The zero-order chi connectivity index (χ0) is 16.0. The fraction of sp³-hybridized carbons (Fsp3) is 0.333. The Morgan fingerprint density at radius 2 is 2.14 bits per heavy atom. The zero-order valence-electron chi connectivity index (χ0n) is 11.5. The number of nitro groups is 1. The molecule has 1 aromatic rings. The molecule has 0 heterocycles. The second kappa shape index (κ2) is 7.20. The normalized spacial score (nSPS) is 11.5. The van der Waals surface area contributed by atoms with Crippen LogP contribution in [0.4, 0.5) is 16.2 Å². The summed E-state index contributed by atoms with van der Waals surface area (Å²) in [6.45, 7) is 1.36. The third kappa shape index (κ3) is 4.73. The third-order valence-corrected chi connectivity index (χ3v) is 2.59. The minimum atomic E-state index is -1.23. The van der Waals surface area contributed by atoms with Crippen molar-refractivity contribution >= 4 is 23.4 Å². The third-order valence-electron chi connectivity index (χ3n) is 2.59. The van der Waals surface area contributed by atoms with Crippen LogP contribution in [0, 0.1) is 17.0 Å². The van der Waals surface area contributed by atoms with E-state index in [-0.39, 0.29) is 12.3 Å². The van der Waals surface area contributed by atoms with Gasteiger partial charge in [-0.2, -0.15) is 0 Å². The number of rotatable bonds is 6. The number of hydrogen-bond donors (Lipinski definition) is 3. The van der Waals surface area contributed by atoms with Crippen molar-refractivity contribution < 1.29 is 24.4 Å². The van der Waals surface area contributed by atoms with Gasteiger partial charge in [-0.3, -0.25) is 10.1 Å². The first-order valence-corrected chi connectivity index (χ1v) is 5.89. The summed E-state index contributed by atoms with van der Waals surface area (Å²) in [5.41, 5.74) is 0.630. The molecule has 9 nitrogen and oxygen atoms in total. The van der Waals surface area contributed by atoms with E-state index >= 15 is 0 Å². The zero-order valence-corrected chi connectivity index (χ0v) is 11.5. The van der Waals surface area contributed by atoms with Crippen LogP contribution in [0.3, 0.4) is 0 Å². The van der Waals surface area contributed by atoms with Crippen LogP contribution in [0.15, 0.2) is 18.2 Å². The van der Waals surface area contributed by atoms with E-state index in [1.165, 1.54) is 32.2 Å². The van der Waals surface area contributed by atoms with E-state index in [1.807, 2.05) is 0 Å². The second-order valence-electron chi connectivity index (χ2n) is 4.20. The molecule has 0 aliphatic carbocycles. The summed E-state index contributed by atoms with van der Waals surface area (Å²) < 4.78 is 4.68. The molecule has 0 aromatic heterocycles. The van der Waals surface area contributed by atoms with Crippen molar-refractivity contribution in [3.63, 3.8) is 0 Å². The van der Waals surface area contributed by atoms with Gasteiger partial charge in [0.25, 0.3) is 5.69 Å². The number of ether oxygens (including phenoxy) is 1. The molecule has 0 bridgehead atoms. The van der Waals surface area contributed by atoms with Gasteiger partial charge in [0.05, 0.1) is 11.5 Å². The number of nitrogens with zero attached hydrogens (tertiary/aromatic N) is 1. The molecular formula is C12H15N3O6. The monoisotopic (exact) mass is 297 g/mol. The number of aliphatic carboxylic acids is 1. The fourth-order valence-electron chi connectivity index (χ4n) is 1.60. The maximum absolute atomic E-state index is 11.7. The van der Waals surface area contributed by atoms with Gasteiger partial charge in [-0.05, 0) is 19.1 Å². The van der Waals surface area contributed by atoms with Crippen LogP contribution in [0.2, 0.25) is 0 Å². The molecule has 0 saturated heterocycles. The maximum atomic E-state index is 11.7. The molecule has 0 aliphatic heterocycles. The average Bonchev–Trinajstić information content (AvgIpc) is 2.37. The van der Waals surface area contributed by atoms with Gasteiger partial charge in [-0.25, -0.2) is 9.59 Å². The van der Waals surface area contributed by atoms with Crippen molar-refractivity contribution in [2.45, 2.75) is 13.0 Å². The predicted octanol–water partition coefficient (Wildman–Crippen LogP) is 1.12. The minimum absolute atomic E-state index is 0.0660. The van der Waals surface area contributed by atoms with Crippen LogP contribution in [-0.4, -0.2) is 41.8 Å². The van der Waals surface area contributed by atoms with Gasteiger partial charge in [0.2, 0.25) is 0 Å². The fourth-order valence-corrected chi connectivity index (χ4v) is 1.60. The largest absolute Gasteiger partial charge is 0.480 e. The Hall–Kier alpha value is -2.68. The van der Waals surface area contributed by atoms with Crippen molar-refractivity contribution in [2.75, 3.05) is 19.0 Å². The molecule has 0 aliphatic rings. The highest BCUT2D eigenvalue weighted by atomic mass is 16.6. The lowest BCUT2D eigenvalue weighted by Crippen LogP contribution is -2.45. The summed E-state index contributed by atoms with van der Waals surface area (Å²) in [5.74, 6) is -1.23. The lowest BCUT2D eigenvalue weighted by Gasteiger charge is -2.14. The smallest absolute Gasteiger partial charge is 0.328 e. The number of carboxylic acids is 1. The first-order valence-electron chi connectivity index (χ1n) is 5.89. The number of anilines is 1. The lowest BCUT2D eigenvalue weighted by molar-refractivity contribution is -0.385. The van der Waals surface area contributed by atoms with Crippen molar-refractivity contribution in [3.05, 3.63) is 33.9 Å². The van der Waals surface area contributed by atoms with Gasteiger partial charge >= 0.3 is 12.0 Å². The second-order valence-corrected chi connectivity index (χ2v) is 4.20. The van der Waals surface area contributed by atoms with Gasteiger partial charge in [0, 0.05) is 24.4 Å². The molecule has 3 N–H and O–H groups in total. The standard InChI is InChI=1S/C12H15N3O6/c1-7-5-8(3-4-10(7)15(19)20)13-12(18)14-9(6-21-2)11(16)17/h3-5,9H,6H2,1-2H3,(H,16,17)(H2,13,14,18). The number of nitrogens with one attached hydrogen (secondary N) is 2. The Balaban J connectivity index is 2.72. The van der Waals surface area contributed by atoms with Gasteiger partial charge in [-0.15, -0.1) is 0 Å². The van der Waals surface area contributed by atoms with E-state index in [0.29, 0.717) is 11.3 Å². The molecule has 1 unspecified atom stereocenters. The summed E-state index contributed by atoms with van der Waals surface area (Å²) in [6, 6.07) is 2.11. The summed E-state index contributed by atoms with van der Waals surface area (Å²) in [5, 5.41) is 24.2. The van der Waals surface area contributed by atoms with Gasteiger partial charge in [-0.1, -0.05) is 0 Å². The number of aryl methyl sites for hydroxylation is 1. The van der Waals surface area contributed by atoms with E-state index < -0.39 is 23.0 Å². The molecule has 1 atom stereocenters. The van der Waals surface area contributed by atoms with E-state index in [0.717, 1.165) is 0 Å². The highest BCUT2D eigenvalue weighted by molar-refractivity contribution is 5.92. The van der Waals surface area contributed by atoms with Crippen molar-refractivity contribution in [1.82, 2.24) is 5.32 Å². The molecule has 0 radical (unpaired) electrons. The first-order chi connectivity index (χ1) is 9.85. The van der Waals surface area contributed by atoms with Crippen molar-refractivity contribution in [1.29, 1.82) is 0 Å². The number of nitro benzene ring substituents is 1. The number of amides is 2. The molecule has 2 amide bonds. The number of methoxy groups -OCH3 is 1. The first kappa shape index (κ1) is 16.4. The summed E-state index contributed by atoms with van der Waals surface area (Å²) in [4.78, 5) is 32.7. The summed E-state index contributed by atoms with van der Waals surface area (Å²) in [7, 11) is 1.31. The number of urea groups is 1. The van der Waals surface area contributed by atoms with Crippen molar-refractivity contribution in [2.24, 2.45) is 0 Å². The summed E-state index contributed by atoms with van der Waals surface area (Å²) in [6.07, 6.45) is 0. The van der Waals surface area contributed by atoms with Gasteiger partial charge < -0.3 is 20.5 Å². The average molecular weight is 297 g/mol. The Morgan fingerprint density at radius 1 is 1.48 bits per heavy atom. The van der Waals surface area contributed by atoms with E-state index in [1.54, 1.807) is 0 Å². The minimum Gasteiger partial charge on any atom is -0.480 e. The Labute approximate surface area is 120 Å². The van der Waals surface area contributed by atoms with E-state index in [2.05, 4.69) is 15.4 Å². The number of hydrogen-bond acceptors (Lipinski definition) is 5. The number of carbonyl (C=O) groups is 2. The van der Waals surface area contributed by atoms with Crippen LogP contribution in [-0.2, 0) is 9.53 Å². The molecule has 1 aromatic carbocycles. The lowest BCUT2D eigenvalue weighted by atomic mass is 10.2. The van der Waals surface area contributed by atoms with Crippen LogP contribution >= 0.6 is 0 Å². The highest BCUT2D eigenvalue weighted by Gasteiger charge is 2.20. The van der Waals surface area contributed by atoms with Gasteiger partial charge in [0.15, 0.2) is 6.04 Å².